The number of nitrogens with zero attached hydrogens (tertiary/aromatic N) is 1. The fraction of sp³-hybridized carbons (Fsp3) is 0.190. The first-order chi connectivity index (χ1) is 13.4. The topological polar surface area (TPSA) is 84.9 Å². The number of ether oxygens (including phenoxy) is 2. The monoisotopic (exact) mass is 382 g/mol. The van der Waals surface area contributed by atoms with Crippen LogP contribution in [0.25, 0.3) is 6.08 Å². The van der Waals surface area contributed by atoms with Crippen LogP contribution in [0.2, 0.25) is 0 Å². The summed E-state index contributed by atoms with van der Waals surface area (Å²) < 4.78 is 9.97. The molecule has 2 amide bonds. The van der Waals surface area contributed by atoms with Gasteiger partial charge in [0.1, 0.15) is 5.75 Å². The van der Waals surface area contributed by atoms with Gasteiger partial charge in [-0.05, 0) is 48.0 Å². The minimum Gasteiger partial charge on any atom is -0.497 e. The van der Waals surface area contributed by atoms with Crippen molar-refractivity contribution in [3.63, 3.8) is 0 Å². The number of esters is 1. The molecule has 2 aromatic carbocycles. The van der Waals surface area contributed by atoms with Crippen molar-refractivity contribution < 1.29 is 23.9 Å². The van der Waals surface area contributed by atoms with Crippen LogP contribution in [0.3, 0.4) is 0 Å². The lowest BCUT2D eigenvalue weighted by molar-refractivity contribution is -0.142. The van der Waals surface area contributed by atoms with Crippen LogP contribution in [0, 0.1) is 0 Å². The Kier molecular flexibility index (Phi) is 7.33. The van der Waals surface area contributed by atoms with Crippen LogP contribution >= 0.6 is 0 Å². The molecule has 0 aliphatic heterocycles. The highest BCUT2D eigenvalue weighted by Crippen LogP contribution is 2.13. The van der Waals surface area contributed by atoms with E-state index in [1.165, 1.54) is 11.0 Å². The third-order valence-electron chi connectivity index (χ3n) is 3.69. The number of carbonyl (C=O) groups is 3. The average Bonchev–Trinajstić information content (AvgIpc) is 2.71. The molecule has 0 unspecified atom stereocenters. The number of amides is 2. The molecule has 7 heteroatoms. The summed E-state index contributed by atoms with van der Waals surface area (Å²) in [5, 5.41) is 2.60. The molecule has 0 bridgehead atoms. The molecule has 0 heterocycles. The van der Waals surface area contributed by atoms with Crippen molar-refractivity contribution in [1.82, 2.24) is 4.90 Å². The summed E-state index contributed by atoms with van der Waals surface area (Å²) in [6, 6.07) is 13.6. The molecule has 0 saturated carbocycles. The fourth-order valence-corrected chi connectivity index (χ4v) is 2.22. The highest BCUT2D eigenvalue weighted by molar-refractivity contribution is 5.96. The molecule has 2 aromatic rings. The van der Waals surface area contributed by atoms with Crippen molar-refractivity contribution in [2.75, 3.05) is 33.1 Å². The van der Waals surface area contributed by atoms with Gasteiger partial charge in [-0.3, -0.25) is 9.59 Å². The van der Waals surface area contributed by atoms with Crippen LogP contribution < -0.4 is 10.1 Å². The third-order valence-corrected chi connectivity index (χ3v) is 3.69. The van der Waals surface area contributed by atoms with Crippen molar-refractivity contribution in [2.24, 2.45) is 0 Å². The first-order valence-corrected chi connectivity index (χ1v) is 8.49. The second-order valence-electron chi connectivity index (χ2n) is 6.04. The molecule has 0 aliphatic rings. The van der Waals surface area contributed by atoms with Crippen molar-refractivity contribution in [3.05, 3.63) is 65.7 Å². The number of hydrogen-bond donors (Lipinski definition) is 1. The number of carbonyl (C=O) groups excluding carboxylic acids is 3. The molecule has 0 aliphatic carbocycles. The molecule has 0 atom stereocenters. The number of anilines is 1. The summed E-state index contributed by atoms with van der Waals surface area (Å²) in [6.07, 6.45) is 2.83. The summed E-state index contributed by atoms with van der Waals surface area (Å²) in [7, 11) is 4.90. The maximum absolute atomic E-state index is 11.9. The molecule has 146 valence electrons. The van der Waals surface area contributed by atoms with Crippen molar-refractivity contribution >= 4 is 29.5 Å². The van der Waals surface area contributed by atoms with E-state index in [-0.39, 0.29) is 5.91 Å². The van der Waals surface area contributed by atoms with E-state index in [4.69, 9.17) is 9.47 Å². The lowest BCUT2D eigenvalue weighted by Gasteiger charge is -2.11. The molecule has 0 spiro atoms. The first kappa shape index (κ1) is 20.7. The molecule has 0 saturated heterocycles. The summed E-state index contributed by atoms with van der Waals surface area (Å²) in [5.74, 6) is -0.512. The Balaban J connectivity index is 1.80. The van der Waals surface area contributed by atoms with Gasteiger partial charge in [0.05, 0.1) is 7.11 Å². The summed E-state index contributed by atoms with van der Waals surface area (Å²) in [6.45, 7) is -0.413. The van der Waals surface area contributed by atoms with Gasteiger partial charge in [0.25, 0.3) is 11.8 Å². The van der Waals surface area contributed by atoms with Gasteiger partial charge in [0.2, 0.25) is 0 Å². The lowest BCUT2D eigenvalue weighted by atomic mass is 10.2. The first-order valence-electron chi connectivity index (χ1n) is 8.49. The van der Waals surface area contributed by atoms with Gasteiger partial charge >= 0.3 is 5.97 Å². The molecule has 0 aromatic heterocycles. The van der Waals surface area contributed by atoms with Gasteiger partial charge in [-0.2, -0.15) is 0 Å². The van der Waals surface area contributed by atoms with Crippen LogP contribution in [-0.2, 0) is 14.3 Å². The number of rotatable bonds is 7. The molecule has 1 N–H and O–H groups in total. The normalized spacial score (nSPS) is 10.4. The predicted molar refractivity (Wildman–Crippen MR) is 106 cm³/mol. The van der Waals surface area contributed by atoms with Gasteiger partial charge < -0.3 is 19.7 Å². The van der Waals surface area contributed by atoms with Gasteiger partial charge in [0.15, 0.2) is 6.61 Å². The number of nitrogens with one attached hydrogen (secondary N) is 1. The second-order valence-corrected chi connectivity index (χ2v) is 6.04. The number of hydrogen-bond acceptors (Lipinski definition) is 5. The zero-order valence-corrected chi connectivity index (χ0v) is 16.0. The maximum Gasteiger partial charge on any atom is 0.331 e. The standard InChI is InChI=1S/C21H22N2O5/c1-23(2)21(26)16-7-9-17(10-8-16)22-19(24)14-28-20(25)13-6-15-4-11-18(27-3)12-5-15/h4-13H,14H2,1-3H3,(H,22,24)/b13-6+. The molecular formula is C21H22N2O5. The minimum atomic E-state index is -0.627. The van der Waals surface area contributed by atoms with E-state index in [0.717, 1.165) is 11.3 Å². The predicted octanol–water partition coefficient (Wildman–Crippen LogP) is 2.59. The highest BCUT2D eigenvalue weighted by atomic mass is 16.5. The highest BCUT2D eigenvalue weighted by Gasteiger charge is 2.09. The Bertz CT molecular complexity index is 855. The number of benzene rings is 2. The van der Waals surface area contributed by atoms with Crippen molar-refractivity contribution in [2.45, 2.75) is 0 Å². The largest absolute Gasteiger partial charge is 0.497 e. The number of methoxy groups -OCH3 is 1. The third kappa shape index (κ3) is 6.28. The molecule has 7 nitrogen and oxygen atoms in total. The second kappa shape index (κ2) is 9.91. The molecule has 0 radical (unpaired) electrons. The molecule has 28 heavy (non-hydrogen) atoms. The lowest BCUT2D eigenvalue weighted by Crippen LogP contribution is -2.22. The van der Waals surface area contributed by atoms with Gasteiger partial charge in [-0.25, -0.2) is 4.79 Å². The fourth-order valence-electron chi connectivity index (χ4n) is 2.22. The van der Waals surface area contributed by atoms with Crippen LogP contribution in [-0.4, -0.2) is 50.5 Å². The molecule has 0 fully saturated rings. The van der Waals surface area contributed by atoms with Gasteiger partial charge in [0, 0.05) is 31.4 Å². The van der Waals surface area contributed by atoms with E-state index in [0.29, 0.717) is 11.3 Å². The Labute approximate surface area is 163 Å². The maximum atomic E-state index is 11.9. The molecule has 2 rings (SSSR count). The van der Waals surface area contributed by atoms with E-state index in [2.05, 4.69) is 5.32 Å². The van der Waals surface area contributed by atoms with E-state index in [1.54, 1.807) is 75.8 Å². The van der Waals surface area contributed by atoms with Gasteiger partial charge in [-0.1, -0.05) is 12.1 Å². The zero-order chi connectivity index (χ0) is 20.5. The van der Waals surface area contributed by atoms with Crippen LogP contribution in [0.4, 0.5) is 5.69 Å². The summed E-state index contributed by atoms with van der Waals surface area (Å²) in [4.78, 5) is 36.9. The summed E-state index contributed by atoms with van der Waals surface area (Å²) >= 11 is 0. The zero-order valence-electron chi connectivity index (χ0n) is 16.0. The van der Waals surface area contributed by atoms with Crippen LogP contribution in [0.5, 0.6) is 5.75 Å². The quantitative estimate of drug-likeness (QED) is 0.588. The Morgan fingerprint density at radius 3 is 2.21 bits per heavy atom. The summed E-state index contributed by atoms with van der Waals surface area (Å²) in [5.41, 5.74) is 1.82. The van der Waals surface area contributed by atoms with Gasteiger partial charge in [-0.15, -0.1) is 0 Å². The Morgan fingerprint density at radius 2 is 1.64 bits per heavy atom. The van der Waals surface area contributed by atoms with Crippen LogP contribution in [0.1, 0.15) is 15.9 Å². The minimum absolute atomic E-state index is 0.129. The van der Waals surface area contributed by atoms with E-state index in [9.17, 15) is 14.4 Å². The average molecular weight is 382 g/mol. The smallest absolute Gasteiger partial charge is 0.331 e. The molecular weight excluding hydrogens is 360 g/mol. The van der Waals surface area contributed by atoms with Crippen molar-refractivity contribution in [3.8, 4) is 5.75 Å². The van der Waals surface area contributed by atoms with E-state index >= 15 is 0 Å². The Morgan fingerprint density at radius 1 is 1.00 bits per heavy atom. The van der Waals surface area contributed by atoms with E-state index < -0.39 is 18.5 Å². The SMILES string of the molecule is COc1ccc(/C=C/C(=O)OCC(=O)Nc2ccc(C(=O)N(C)C)cc2)cc1. The van der Waals surface area contributed by atoms with Crippen LogP contribution in [0.15, 0.2) is 54.6 Å². The van der Waals surface area contributed by atoms with E-state index in [1.807, 2.05) is 0 Å². The Hall–Kier alpha value is -3.61. The van der Waals surface area contributed by atoms with Crippen molar-refractivity contribution in [1.29, 1.82) is 0 Å².